The molecular formula is C13H11Br2NO4. The fraction of sp³-hybridized carbons (Fsp3) is 0.231. The molecule has 1 saturated heterocycles. The van der Waals surface area contributed by atoms with Crippen LogP contribution in [0.25, 0.3) is 0 Å². The average Bonchev–Trinajstić information content (AvgIpc) is 2.30. The van der Waals surface area contributed by atoms with Gasteiger partial charge >= 0.3 is 11.9 Å². The predicted octanol–water partition coefficient (Wildman–Crippen LogP) is 3.34. The number of carbonyl (C=O) groups excluding carboxylic acids is 2. The van der Waals surface area contributed by atoms with Crippen LogP contribution in [-0.4, -0.2) is 17.7 Å². The van der Waals surface area contributed by atoms with Crippen LogP contribution in [0.4, 0.5) is 5.69 Å². The Hall–Kier alpha value is -1.34. The lowest BCUT2D eigenvalue weighted by atomic mass is 10.2. The van der Waals surface area contributed by atoms with Crippen LogP contribution in [0.3, 0.4) is 0 Å². The number of carbonyl (C=O) groups is 2. The zero-order chi connectivity index (χ0) is 14.9. The summed E-state index contributed by atoms with van der Waals surface area (Å²) in [5.74, 6) is -2.67. The van der Waals surface area contributed by atoms with Gasteiger partial charge in [0.25, 0.3) is 5.79 Å². The minimum Gasteiger partial charge on any atom is -0.419 e. The van der Waals surface area contributed by atoms with Gasteiger partial charge in [-0.25, -0.2) is 9.59 Å². The lowest BCUT2D eigenvalue weighted by Crippen LogP contribution is -2.42. The summed E-state index contributed by atoms with van der Waals surface area (Å²) in [6.45, 7) is 3.00. The maximum Gasteiger partial charge on any atom is 0.350 e. The smallest absolute Gasteiger partial charge is 0.350 e. The van der Waals surface area contributed by atoms with Crippen LogP contribution in [0.15, 0.2) is 38.9 Å². The molecule has 1 heterocycles. The van der Waals surface area contributed by atoms with Crippen molar-refractivity contribution < 1.29 is 19.1 Å². The number of hydrogen-bond donors (Lipinski definition) is 1. The summed E-state index contributed by atoms with van der Waals surface area (Å²) in [6.07, 6.45) is 1.27. The summed E-state index contributed by atoms with van der Waals surface area (Å²) in [6, 6.07) is 5.48. The van der Waals surface area contributed by atoms with Crippen molar-refractivity contribution in [1.82, 2.24) is 0 Å². The average molecular weight is 405 g/mol. The van der Waals surface area contributed by atoms with Crippen molar-refractivity contribution >= 4 is 49.5 Å². The maximum absolute atomic E-state index is 11.7. The zero-order valence-electron chi connectivity index (χ0n) is 10.7. The van der Waals surface area contributed by atoms with Crippen molar-refractivity contribution in [3.8, 4) is 0 Å². The van der Waals surface area contributed by atoms with Gasteiger partial charge in [0.1, 0.15) is 0 Å². The Morgan fingerprint density at radius 1 is 1.15 bits per heavy atom. The molecule has 0 aromatic heterocycles. The number of halogens is 2. The van der Waals surface area contributed by atoms with Crippen LogP contribution in [0.5, 0.6) is 0 Å². The van der Waals surface area contributed by atoms with E-state index in [0.29, 0.717) is 5.69 Å². The van der Waals surface area contributed by atoms with Gasteiger partial charge in [0.05, 0.1) is 5.69 Å². The molecule has 1 aliphatic rings. The lowest BCUT2D eigenvalue weighted by molar-refractivity contribution is -0.222. The SMILES string of the molecule is CC1(C)OC(=O)C(=CNc2cc(Br)ccc2Br)C(=O)O1. The molecule has 0 radical (unpaired) electrons. The Bertz CT molecular complexity index is 588. The normalized spacial score (nSPS) is 17.3. The minimum absolute atomic E-state index is 0.184. The largest absolute Gasteiger partial charge is 0.419 e. The van der Waals surface area contributed by atoms with E-state index in [2.05, 4.69) is 37.2 Å². The quantitative estimate of drug-likeness (QED) is 0.465. The lowest BCUT2D eigenvalue weighted by Gasteiger charge is -2.29. The number of hydrogen-bond acceptors (Lipinski definition) is 5. The van der Waals surface area contributed by atoms with Crippen molar-refractivity contribution in [2.24, 2.45) is 0 Å². The molecule has 0 unspecified atom stereocenters. The summed E-state index contributed by atoms with van der Waals surface area (Å²) in [4.78, 5) is 23.5. The highest BCUT2D eigenvalue weighted by atomic mass is 79.9. The molecule has 20 heavy (non-hydrogen) atoms. The fourth-order valence-corrected chi connectivity index (χ4v) is 2.26. The Kier molecular flexibility index (Phi) is 4.19. The van der Waals surface area contributed by atoms with Crippen molar-refractivity contribution in [1.29, 1.82) is 0 Å². The monoisotopic (exact) mass is 403 g/mol. The van der Waals surface area contributed by atoms with Gasteiger partial charge in [-0.3, -0.25) is 0 Å². The maximum atomic E-state index is 11.7. The Balaban J connectivity index is 2.21. The molecule has 0 saturated carbocycles. The molecule has 0 aliphatic carbocycles. The summed E-state index contributed by atoms with van der Waals surface area (Å²) < 4.78 is 11.6. The number of benzene rings is 1. The van der Waals surface area contributed by atoms with Gasteiger partial charge in [-0.05, 0) is 34.1 Å². The van der Waals surface area contributed by atoms with Gasteiger partial charge in [-0.15, -0.1) is 0 Å². The van der Waals surface area contributed by atoms with Gasteiger partial charge in [0, 0.05) is 29.0 Å². The van der Waals surface area contributed by atoms with Gasteiger partial charge < -0.3 is 14.8 Å². The van der Waals surface area contributed by atoms with E-state index in [1.165, 1.54) is 20.0 Å². The summed E-state index contributed by atoms with van der Waals surface area (Å²) in [5, 5.41) is 2.87. The Labute approximate surface area is 132 Å². The third kappa shape index (κ3) is 3.40. The van der Waals surface area contributed by atoms with E-state index in [9.17, 15) is 9.59 Å². The van der Waals surface area contributed by atoms with Crippen LogP contribution in [0.2, 0.25) is 0 Å². The first-order chi connectivity index (χ1) is 9.28. The standard InChI is InChI=1S/C13H11Br2NO4/c1-13(2)19-11(17)8(12(18)20-13)6-16-10-5-7(14)3-4-9(10)15/h3-6,16H,1-2H3. The minimum atomic E-state index is -1.23. The Morgan fingerprint density at radius 2 is 1.75 bits per heavy atom. The van der Waals surface area contributed by atoms with E-state index in [0.717, 1.165) is 8.95 Å². The molecule has 2 rings (SSSR count). The molecular weight excluding hydrogens is 394 g/mol. The van der Waals surface area contributed by atoms with Crippen molar-refractivity contribution in [2.45, 2.75) is 19.6 Å². The highest BCUT2D eigenvalue weighted by Crippen LogP contribution is 2.27. The zero-order valence-corrected chi connectivity index (χ0v) is 13.9. The summed E-state index contributed by atoms with van der Waals surface area (Å²) >= 11 is 6.69. The topological polar surface area (TPSA) is 64.6 Å². The van der Waals surface area contributed by atoms with Gasteiger partial charge in [-0.1, -0.05) is 15.9 Å². The van der Waals surface area contributed by atoms with Crippen LogP contribution in [0, 0.1) is 0 Å². The number of ether oxygens (including phenoxy) is 2. The molecule has 1 aromatic carbocycles. The second kappa shape index (κ2) is 5.57. The number of anilines is 1. The first kappa shape index (κ1) is 15.1. The summed E-state index contributed by atoms with van der Waals surface area (Å²) in [5.41, 5.74) is 0.508. The molecule has 0 bridgehead atoms. The third-order valence-corrected chi connectivity index (χ3v) is 3.60. The number of esters is 2. The molecule has 1 N–H and O–H groups in total. The molecule has 1 fully saturated rings. The molecule has 0 spiro atoms. The fourth-order valence-electron chi connectivity index (χ4n) is 1.54. The number of rotatable bonds is 2. The van der Waals surface area contributed by atoms with Gasteiger partial charge in [0.15, 0.2) is 5.57 Å². The van der Waals surface area contributed by atoms with Crippen molar-refractivity contribution in [2.75, 3.05) is 5.32 Å². The van der Waals surface area contributed by atoms with E-state index in [1.54, 1.807) is 6.07 Å². The van der Waals surface area contributed by atoms with Crippen LogP contribution in [0.1, 0.15) is 13.8 Å². The van der Waals surface area contributed by atoms with E-state index in [4.69, 9.17) is 9.47 Å². The Morgan fingerprint density at radius 3 is 2.35 bits per heavy atom. The first-order valence-corrected chi connectivity index (χ1v) is 7.25. The van der Waals surface area contributed by atoms with Crippen LogP contribution < -0.4 is 5.32 Å². The number of cyclic esters (lactones) is 2. The molecule has 106 valence electrons. The van der Waals surface area contributed by atoms with E-state index >= 15 is 0 Å². The van der Waals surface area contributed by atoms with Crippen molar-refractivity contribution in [3.63, 3.8) is 0 Å². The van der Waals surface area contributed by atoms with Crippen molar-refractivity contribution in [3.05, 3.63) is 38.9 Å². The first-order valence-electron chi connectivity index (χ1n) is 5.67. The molecule has 1 aliphatic heterocycles. The molecule has 0 amide bonds. The van der Waals surface area contributed by atoms with E-state index in [-0.39, 0.29) is 5.57 Å². The predicted molar refractivity (Wildman–Crippen MR) is 79.8 cm³/mol. The van der Waals surface area contributed by atoms with Crippen LogP contribution >= 0.6 is 31.9 Å². The number of nitrogens with one attached hydrogen (secondary N) is 1. The molecule has 7 heteroatoms. The van der Waals surface area contributed by atoms with Crippen LogP contribution in [-0.2, 0) is 19.1 Å². The van der Waals surface area contributed by atoms with Gasteiger partial charge in [0.2, 0.25) is 0 Å². The molecule has 0 atom stereocenters. The highest BCUT2D eigenvalue weighted by Gasteiger charge is 2.38. The molecule has 5 nitrogen and oxygen atoms in total. The summed E-state index contributed by atoms with van der Waals surface area (Å²) in [7, 11) is 0. The third-order valence-electron chi connectivity index (χ3n) is 2.42. The second-order valence-corrected chi connectivity index (χ2v) is 6.28. The second-order valence-electron chi connectivity index (χ2n) is 4.51. The highest BCUT2D eigenvalue weighted by molar-refractivity contribution is 9.11. The van der Waals surface area contributed by atoms with E-state index in [1.807, 2.05) is 12.1 Å². The van der Waals surface area contributed by atoms with Gasteiger partial charge in [-0.2, -0.15) is 0 Å². The molecule has 1 aromatic rings. The van der Waals surface area contributed by atoms with E-state index < -0.39 is 17.7 Å².